The molecule has 2 nitrogen and oxygen atoms in total. The number of nitrogens with two attached hydrogens (primary N) is 1. The van der Waals surface area contributed by atoms with Gasteiger partial charge in [0.05, 0.1) is 10.7 Å². The molecule has 0 aliphatic heterocycles. The zero-order valence-electron chi connectivity index (χ0n) is 8.86. The third-order valence-electron chi connectivity index (χ3n) is 2.13. The molecule has 5 heteroatoms. The molecule has 0 aliphatic carbocycles. The highest BCUT2D eigenvalue weighted by atomic mass is 35.5. The Morgan fingerprint density at radius 3 is 2.59 bits per heavy atom. The second-order valence-electron chi connectivity index (χ2n) is 3.40. The zero-order chi connectivity index (χ0) is 12.3. The molecule has 2 N–H and O–H groups in total. The fourth-order valence-electron chi connectivity index (χ4n) is 1.35. The maximum Gasteiger partial charge on any atom is 0.129 e. The van der Waals surface area contributed by atoms with Crippen molar-refractivity contribution >= 4 is 40.7 Å². The summed E-state index contributed by atoms with van der Waals surface area (Å²) in [4.78, 5) is 5.09. The molecular formula is C12H10Cl2N2S. The minimum absolute atomic E-state index is 0.496. The molecule has 0 radical (unpaired) electrons. The highest BCUT2D eigenvalue weighted by Gasteiger charge is 2.06. The Morgan fingerprint density at radius 1 is 1.12 bits per heavy atom. The van der Waals surface area contributed by atoms with Gasteiger partial charge in [-0.3, -0.25) is 0 Å². The molecule has 0 unspecified atom stereocenters. The maximum absolute atomic E-state index is 6.08. The number of thioether (sulfide) groups is 1. The van der Waals surface area contributed by atoms with E-state index in [0.29, 0.717) is 21.6 Å². The van der Waals surface area contributed by atoms with E-state index in [4.69, 9.17) is 28.9 Å². The van der Waals surface area contributed by atoms with Crippen LogP contribution >= 0.6 is 35.0 Å². The summed E-state index contributed by atoms with van der Waals surface area (Å²) in [5, 5.41) is 1.16. The summed E-state index contributed by atoms with van der Waals surface area (Å²) < 4.78 is 0. The van der Waals surface area contributed by atoms with Gasteiger partial charge in [0.2, 0.25) is 0 Å². The second kappa shape index (κ2) is 5.63. The number of nitrogen functional groups attached to an aromatic ring is 1. The Morgan fingerprint density at radius 2 is 1.88 bits per heavy atom. The smallest absolute Gasteiger partial charge is 0.129 e. The standard InChI is InChI=1S/C12H10Cl2N2S/c13-9-4-2-5-10(15)12(9)17-7-8-3-1-6-11(14)16-8/h1-6H,7,15H2. The van der Waals surface area contributed by atoms with Crippen molar-refractivity contribution in [2.45, 2.75) is 10.6 Å². The van der Waals surface area contributed by atoms with Gasteiger partial charge in [0.1, 0.15) is 5.15 Å². The summed E-state index contributed by atoms with van der Waals surface area (Å²) >= 11 is 13.5. The van der Waals surface area contributed by atoms with E-state index in [0.717, 1.165) is 10.6 Å². The minimum Gasteiger partial charge on any atom is -0.398 e. The molecule has 88 valence electrons. The first-order valence-electron chi connectivity index (χ1n) is 4.95. The number of aromatic nitrogens is 1. The molecule has 0 saturated carbocycles. The number of halogens is 2. The Hall–Kier alpha value is -0.900. The van der Waals surface area contributed by atoms with Crippen LogP contribution in [-0.2, 0) is 5.75 Å². The Balaban J connectivity index is 2.13. The van der Waals surface area contributed by atoms with Crippen LogP contribution in [0.15, 0.2) is 41.3 Å². The lowest BCUT2D eigenvalue weighted by Gasteiger charge is -2.07. The van der Waals surface area contributed by atoms with Crippen LogP contribution in [0.5, 0.6) is 0 Å². The molecule has 0 bridgehead atoms. The fourth-order valence-corrected chi connectivity index (χ4v) is 2.78. The summed E-state index contributed by atoms with van der Waals surface area (Å²) in [6.07, 6.45) is 0. The second-order valence-corrected chi connectivity index (χ2v) is 5.18. The molecule has 0 atom stereocenters. The Kier molecular flexibility index (Phi) is 4.15. The normalized spacial score (nSPS) is 10.5. The monoisotopic (exact) mass is 284 g/mol. The van der Waals surface area contributed by atoms with Crippen LogP contribution in [0.1, 0.15) is 5.69 Å². The third kappa shape index (κ3) is 3.28. The quantitative estimate of drug-likeness (QED) is 0.520. The summed E-state index contributed by atoms with van der Waals surface area (Å²) in [5.41, 5.74) is 7.45. The largest absolute Gasteiger partial charge is 0.398 e. The molecule has 0 saturated heterocycles. The molecule has 2 rings (SSSR count). The van der Waals surface area contributed by atoms with E-state index in [1.165, 1.54) is 0 Å². The average Bonchev–Trinajstić information content (AvgIpc) is 2.28. The Labute approximate surface area is 114 Å². The summed E-state index contributed by atoms with van der Waals surface area (Å²) in [6, 6.07) is 11.0. The molecule has 0 spiro atoms. The van der Waals surface area contributed by atoms with Gasteiger partial charge in [-0.1, -0.05) is 35.3 Å². The van der Waals surface area contributed by atoms with Crippen LogP contribution in [0.25, 0.3) is 0 Å². The van der Waals surface area contributed by atoms with E-state index in [9.17, 15) is 0 Å². The van der Waals surface area contributed by atoms with Gasteiger partial charge >= 0.3 is 0 Å². The van der Waals surface area contributed by atoms with Crippen molar-refractivity contribution in [2.24, 2.45) is 0 Å². The number of hydrogen-bond donors (Lipinski definition) is 1. The van der Waals surface area contributed by atoms with E-state index in [1.54, 1.807) is 17.8 Å². The molecule has 0 fully saturated rings. The van der Waals surface area contributed by atoms with Gasteiger partial charge in [-0.2, -0.15) is 0 Å². The van der Waals surface area contributed by atoms with Crippen LogP contribution in [0.3, 0.4) is 0 Å². The van der Waals surface area contributed by atoms with Crippen LogP contribution in [0, 0.1) is 0 Å². The topological polar surface area (TPSA) is 38.9 Å². The van der Waals surface area contributed by atoms with Crippen molar-refractivity contribution in [1.29, 1.82) is 0 Å². The lowest BCUT2D eigenvalue weighted by atomic mass is 10.3. The van der Waals surface area contributed by atoms with Crippen molar-refractivity contribution in [3.05, 3.63) is 52.3 Å². The first kappa shape index (κ1) is 12.6. The number of rotatable bonds is 3. The predicted molar refractivity (Wildman–Crippen MR) is 74.7 cm³/mol. The molecule has 17 heavy (non-hydrogen) atoms. The average molecular weight is 285 g/mol. The highest BCUT2D eigenvalue weighted by molar-refractivity contribution is 7.98. The fraction of sp³-hybridized carbons (Fsp3) is 0.0833. The third-order valence-corrected chi connectivity index (χ3v) is 3.96. The Bertz CT molecular complexity index is 511. The SMILES string of the molecule is Nc1cccc(Cl)c1SCc1cccc(Cl)n1. The van der Waals surface area contributed by atoms with E-state index >= 15 is 0 Å². The number of anilines is 1. The van der Waals surface area contributed by atoms with E-state index < -0.39 is 0 Å². The number of hydrogen-bond acceptors (Lipinski definition) is 3. The van der Waals surface area contributed by atoms with Crippen LogP contribution in [0.4, 0.5) is 5.69 Å². The van der Waals surface area contributed by atoms with Gasteiger partial charge in [-0.25, -0.2) is 4.98 Å². The molecular weight excluding hydrogens is 275 g/mol. The minimum atomic E-state index is 0.496. The van der Waals surface area contributed by atoms with Gasteiger partial charge in [0.15, 0.2) is 0 Å². The van der Waals surface area contributed by atoms with Crippen molar-refractivity contribution in [3.8, 4) is 0 Å². The molecule has 2 aromatic rings. The molecule has 1 aromatic carbocycles. The van der Waals surface area contributed by atoms with Crippen LogP contribution in [-0.4, -0.2) is 4.98 Å². The summed E-state index contributed by atoms with van der Waals surface area (Å²) in [7, 11) is 0. The van der Waals surface area contributed by atoms with Crippen molar-refractivity contribution in [3.63, 3.8) is 0 Å². The maximum atomic E-state index is 6.08. The van der Waals surface area contributed by atoms with Gasteiger partial charge < -0.3 is 5.73 Å². The highest BCUT2D eigenvalue weighted by Crippen LogP contribution is 2.34. The molecule has 0 aliphatic rings. The molecule has 1 aromatic heterocycles. The van der Waals surface area contributed by atoms with Gasteiger partial charge in [0.25, 0.3) is 0 Å². The van der Waals surface area contributed by atoms with E-state index in [-0.39, 0.29) is 0 Å². The van der Waals surface area contributed by atoms with Gasteiger partial charge in [-0.05, 0) is 24.3 Å². The summed E-state index contributed by atoms with van der Waals surface area (Å²) in [6.45, 7) is 0. The van der Waals surface area contributed by atoms with E-state index in [2.05, 4.69) is 4.98 Å². The van der Waals surface area contributed by atoms with Gasteiger partial charge in [0, 0.05) is 16.3 Å². The molecule has 1 heterocycles. The lowest BCUT2D eigenvalue weighted by molar-refractivity contribution is 1.17. The number of nitrogens with zero attached hydrogens (tertiary/aromatic N) is 1. The van der Waals surface area contributed by atoms with Crippen molar-refractivity contribution < 1.29 is 0 Å². The first-order valence-corrected chi connectivity index (χ1v) is 6.69. The van der Waals surface area contributed by atoms with E-state index in [1.807, 2.05) is 30.3 Å². The molecule has 0 amide bonds. The predicted octanol–water partition coefficient (Wildman–Crippen LogP) is 4.26. The number of pyridine rings is 1. The summed E-state index contributed by atoms with van der Waals surface area (Å²) in [5.74, 6) is 0.689. The van der Waals surface area contributed by atoms with Crippen molar-refractivity contribution in [2.75, 3.05) is 5.73 Å². The van der Waals surface area contributed by atoms with Gasteiger partial charge in [-0.15, -0.1) is 11.8 Å². The lowest BCUT2D eigenvalue weighted by Crippen LogP contribution is -1.91. The van der Waals surface area contributed by atoms with Crippen molar-refractivity contribution in [1.82, 2.24) is 4.98 Å². The zero-order valence-corrected chi connectivity index (χ0v) is 11.2. The van der Waals surface area contributed by atoms with Crippen LogP contribution < -0.4 is 5.73 Å². The number of benzene rings is 1. The van der Waals surface area contributed by atoms with Crippen LogP contribution in [0.2, 0.25) is 10.2 Å². The first-order chi connectivity index (χ1) is 8.16.